The Hall–Kier alpha value is -1.39. The van der Waals surface area contributed by atoms with Crippen molar-refractivity contribution in [2.24, 2.45) is 0 Å². The minimum absolute atomic E-state index is 0.0694. The highest BCUT2D eigenvalue weighted by atomic mass is 79.9. The molecule has 0 aliphatic heterocycles. The van der Waals surface area contributed by atoms with Gasteiger partial charge in [-0.25, -0.2) is 4.98 Å². The van der Waals surface area contributed by atoms with Crippen molar-refractivity contribution in [3.05, 3.63) is 43.6 Å². The lowest BCUT2D eigenvalue weighted by molar-refractivity contribution is -0.385. The molecule has 1 N–H and O–H groups in total. The molecular weight excluding hydrogens is 464 g/mol. The van der Waals surface area contributed by atoms with Crippen molar-refractivity contribution >= 4 is 60.9 Å². The maximum absolute atomic E-state index is 12.2. The molecule has 0 saturated heterocycles. The van der Waals surface area contributed by atoms with Gasteiger partial charge in [-0.1, -0.05) is 11.8 Å². The first kappa shape index (κ1) is 18.9. The Kier molecular flexibility index (Phi) is 6.41. The molecule has 24 heavy (non-hydrogen) atoms. The minimum Gasteiger partial charge on any atom is -0.324 e. The van der Waals surface area contributed by atoms with Crippen LogP contribution >= 0.6 is 43.6 Å². The summed E-state index contributed by atoms with van der Waals surface area (Å²) in [5.74, 6) is -0.0480. The van der Waals surface area contributed by atoms with Crippen molar-refractivity contribution < 1.29 is 9.72 Å². The van der Waals surface area contributed by atoms with Gasteiger partial charge in [0.15, 0.2) is 5.16 Å². The quantitative estimate of drug-likeness (QED) is 0.372. The molecule has 0 bridgehead atoms. The lowest BCUT2D eigenvalue weighted by atomic mass is 10.3. The molecule has 0 aliphatic carbocycles. The van der Waals surface area contributed by atoms with Gasteiger partial charge in [-0.05, 0) is 45.7 Å². The molecule has 0 unspecified atom stereocenters. The molecule has 0 saturated carbocycles. The van der Waals surface area contributed by atoms with E-state index in [1.54, 1.807) is 6.20 Å². The number of hydrogen-bond donors (Lipinski definition) is 1. The molecule has 0 fully saturated rings. The van der Waals surface area contributed by atoms with Crippen molar-refractivity contribution in [2.75, 3.05) is 11.1 Å². The number of aromatic nitrogens is 2. The highest BCUT2D eigenvalue weighted by Crippen LogP contribution is 2.35. The summed E-state index contributed by atoms with van der Waals surface area (Å²) in [5.41, 5.74) is 0.387. The van der Waals surface area contributed by atoms with Crippen molar-refractivity contribution in [3.63, 3.8) is 0 Å². The Labute approximate surface area is 159 Å². The van der Waals surface area contributed by atoms with Crippen LogP contribution in [-0.4, -0.2) is 26.1 Å². The molecule has 0 spiro atoms. The number of amides is 1. The van der Waals surface area contributed by atoms with Crippen LogP contribution < -0.4 is 5.32 Å². The van der Waals surface area contributed by atoms with Gasteiger partial charge in [-0.2, -0.15) is 0 Å². The number of carbonyl (C=O) groups excluding carboxylic acids is 1. The topological polar surface area (TPSA) is 90.1 Å². The Morgan fingerprint density at radius 2 is 2.04 bits per heavy atom. The summed E-state index contributed by atoms with van der Waals surface area (Å²) in [5, 5.41) is 14.3. The van der Waals surface area contributed by atoms with Crippen LogP contribution in [-0.2, 0) is 4.79 Å². The predicted molar refractivity (Wildman–Crippen MR) is 100 cm³/mol. The second-order valence-electron chi connectivity index (χ2n) is 5.09. The van der Waals surface area contributed by atoms with Gasteiger partial charge in [0.25, 0.3) is 5.69 Å². The lowest BCUT2D eigenvalue weighted by Gasteiger charge is -2.12. The zero-order chi connectivity index (χ0) is 17.9. The molecule has 0 atom stereocenters. The number of carbonyl (C=O) groups is 1. The molecule has 2 aromatic rings. The van der Waals surface area contributed by atoms with Crippen molar-refractivity contribution in [1.29, 1.82) is 0 Å². The number of nitrogens with one attached hydrogen (secondary N) is 1. The molecule has 0 aliphatic rings. The zero-order valence-electron chi connectivity index (χ0n) is 12.8. The van der Waals surface area contributed by atoms with Crippen LogP contribution in [0.25, 0.3) is 0 Å². The fourth-order valence-electron chi connectivity index (χ4n) is 1.89. The van der Waals surface area contributed by atoms with E-state index in [0.29, 0.717) is 14.6 Å². The Balaban J connectivity index is 2.05. The molecule has 10 heteroatoms. The average molecular weight is 478 g/mol. The maximum Gasteiger partial charge on any atom is 0.271 e. The first-order chi connectivity index (χ1) is 11.3. The number of non-ortho nitro benzene ring substituents is 1. The van der Waals surface area contributed by atoms with E-state index < -0.39 is 4.92 Å². The van der Waals surface area contributed by atoms with Crippen LogP contribution in [0.4, 0.5) is 11.4 Å². The summed E-state index contributed by atoms with van der Waals surface area (Å²) >= 11 is 7.82. The Morgan fingerprint density at radius 1 is 1.42 bits per heavy atom. The summed E-state index contributed by atoms with van der Waals surface area (Å²) in [7, 11) is 0. The Morgan fingerprint density at radius 3 is 2.58 bits per heavy atom. The number of imidazole rings is 1. The van der Waals surface area contributed by atoms with Crippen LogP contribution in [0.15, 0.2) is 38.6 Å². The van der Waals surface area contributed by atoms with Crippen LogP contribution in [0, 0.1) is 10.1 Å². The van der Waals surface area contributed by atoms with E-state index in [1.165, 1.54) is 23.9 Å². The molecule has 128 valence electrons. The molecule has 7 nitrogen and oxygen atoms in total. The third kappa shape index (κ3) is 4.58. The molecular formula is C14H14Br2N4O3S. The van der Waals surface area contributed by atoms with E-state index in [1.807, 2.05) is 24.6 Å². The molecule has 1 aromatic carbocycles. The van der Waals surface area contributed by atoms with Crippen LogP contribution in [0.2, 0.25) is 0 Å². The number of nitro benzene ring substituents is 1. The van der Waals surface area contributed by atoms with Crippen LogP contribution in [0.1, 0.15) is 19.9 Å². The average Bonchev–Trinajstić information content (AvgIpc) is 2.97. The SMILES string of the molecule is CC(C)n1ccnc1SCC(=O)Nc1c(Br)cc([N+](=O)[O-])cc1Br. The Bertz CT molecular complexity index is 756. The maximum atomic E-state index is 12.2. The highest BCUT2D eigenvalue weighted by Gasteiger charge is 2.16. The van der Waals surface area contributed by atoms with Crippen molar-refractivity contribution in [3.8, 4) is 0 Å². The summed E-state index contributed by atoms with van der Waals surface area (Å²) in [6.07, 6.45) is 3.57. The number of halogens is 2. The number of rotatable bonds is 6. The number of anilines is 1. The highest BCUT2D eigenvalue weighted by molar-refractivity contribution is 9.11. The van der Waals surface area contributed by atoms with Gasteiger partial charge < -0.3 is 9.88 Å². The third-order valence-corrected chi connectivity index (χ3v) is 5.26. The van der Waals surface area contributed by atoms with Crippen molar-refractivity contribution in [1.82, 2.24) is 9.55 Å². The third-order valence-electron chi connectivity index (χ3n) is 3.02. The first-order valence-electron chi connectivity index (χ1n) is 6.88. The molecule has 1 aromatic heterocycles. The van der Waals surface area contributed by atoms with E-state index in [9.17, 15) is 14.9 Å². The van der Waals surface area contributed by atoms with Gasteiger partial charge in [-0.15, -0.1) is 0 Å². The summed E-state index contributed by atoms with van der Waals surface area (Å²) < 4.78 is 2.85. The minimum atomic E-state index is -0.497. The largest absolute Gasteiger partial charge is 0.324 e. The van der Waals surface area contributed by atoms with E-state index in [0.717, 1.165) is 5.16 Å². The summed E-state index contributed by atoms with van der Waals surface area (Å²) in [6.45, 7) is 4.08. The van der Waals surface area contributed by atoms with Gasteiger partial charge >= 0.3 is 0 Å². The molecule has 0 radical (unpaired) electrons. The smallest absolute Gasteiger partial charge is 0.271 e. The fourth-order valence-corrected chi connectivity index (χ4v) is 4.14. The van der Waals surface area contributed by atoms with Crippen LogP contribution in [0.3, 0.4) is 0 Å². The number of nitrogens with zero attached hydrogens (tertiary/aromatic N) is 3. The van der Waals surface area contributed by atoms with Gasteiger partial charge in [0.2, 0.25) is 5.91 Å². The standard InChI is InChI=1S/C14H14Br2N4O3S/c1-8(2)19-4-3-17-14(19)24-7-12(21)18-13-10(15)5-9(20(22)23)6-11(13)16/h3-6,8H,7H2,1-2H3,(H,18,21). The number of hydrogen-bond acceptors (Lipinski definition) is 5. The molecule has 1 heterocycles. The number of benzene rings is 1. The number of nitro groups is 1. The fraction of sp³-hybridized carbons (Fsp3) is 0.286. The number of thioether (sulfide) groups is 1. The van der Waals surface area contributed by atoms with Gasteiger partial charge in [0.05, 0.1) is 16.4 Å². The molecule has 2 rings (SSSR count). The normalized spacial score (nSPS) is 10.9. The second-order valence-corrected chi connectivity index (χ2v) is 7.74. The summed E-state index contributed by atoms with van der Waals surface area (Å²) in [6, 6.07) is 2.95. The zero-order valence-corrected chi connectivity index (χ0v) is 16.8. The second kappa shape index (κ2) is 8.13. The van der Waals surface area contributed by atoms with E-state index in [4.69, 9.17) is 0 Å². The monoisotopic (exact) mass is 476 g/mol. The molecule has 1 amide bonds. The predicted octanol–water partition coefficient (Wildman–Crippen LogP) is 4.63. The van der Waals surface area contributed by atoms with Gasteiger partial charge in [0.1, 0.15) is 0 Å². The summed E-state index contributed by atoms with van der Waals surface area (Å²) in [4.78, 5) is 26.7. The van der Waals surface area contributed by atoms with Gasteiger partial charge in [-0.3, -0.25) is 14.9 Å². The first-order valence-corrected chi connectivity index (χ1v) is 9.45. The van der Waals surface area contributed by atoms with E-state index in [-0.39, 0.29) is 23.4 Å². The van der Waals surface area contributed by atoms with Crippen molar-refractivity contribution in [2.45, 2.75) is 25.0 Å². The van der Waals surface area contributed by atoms with E-state index >= 15 is 0 Å². The van der Waals surface area contributed by atoms with Crippen LogP contribution in [0.5, 0.6) is 0 Å². The van der Waals surface area contributed by atoms with Gasteiger partial charge in [0, 0.05) is 39.5 Å². The lowest BCUT2D eigenvalue weighted by Crippen LogP contribution is -2.15. The van der Waals surface area contributed by atoms with E-state index in [2.05, 4.69) is 42.2 Å².